The summed E-state index contributed by atoms with van der Waals surface area (Å²) < 4.78 is 17.5. The van der Waals surface area contributed by atoms with E-state index < -0.39 is 17.5 Å². The predicted octanol–water partition coefficient (Wildman–Crippen LogP) is 4.78. The Morgan fingerprint density at radius 1 is 0.836 bits per heavy atom. The first-order valence-electron chi connectivity index (χ1n) is 25.4. The molecule has 4 aliphatic heterocycles. The highest BCUT2D eigenvalue weighted by atomic mass is 16.5. The van der Waals surface area contributed by atoms with E-state index in [0.717, 1.165) is 47.5 Å². The summed E-state index contributed by atoms with van der Waals surface area (Å²) in [7, 11) is 0. The number of imide groups is 1. The molecule has 7 N–H and O–H groups in total. The number of ether oxygens (including phenoxy) is 3. The highest BCUT2D eigenvalue weighted by Crippen LogP contribution is 2.32. The number of hydrogen-bond acceptors (Lipinski definition) is 14. The van der Waals surface area contributed by atoms with E-state index in [4.69, 9.17) is 25.0 Å². The van der Waals surface area contributed by atoms with Gasteiger partial charge in [0, 0.05) is 99.4 Å². The van der Waals surface area contributed by atoms with Crippen LogP contribution < -0.4 is 36.2 Å². The van der Waals surface area contributed by atoms with E-state index in [2.05, 4.69) is 36.5 Å². The van der Waals surface area contributed by atoms with E-state index >= 15 is 0 Å². The number of nitrogens with zero attached hydrogens (tertiary/aromatic N) is 4. The molecule has 0 spiro atoms. The number of amides is 5. The summed E-state index contributed by atoms with van der Waals surface area (Å²) in [6.07, 6.45) is 8.49. The number of piperidine rings is 2. The van der Waals surface area contributed by atoms with Crippen molar-refractivity contribution in [1.29, 1.82) is 10.8 Å². The second kappa shape index (κ2) is 24.9. The quantitative estimate of drug-likeness (QED) is 0.0243. The van der Waals surface area contributed by atoms with Crippen molar-refractivity contribution in [1.82, 2.24) is 36.1 Å². The molecule has 3 fully saturated rings. The number of aromatic nitrogens is 1. The smallest absolute Gasteiger partial charge is 0.255 e. The van der Waals surface area contributed by atoms with Gasteiger partial charge in [0.25, 0.3) is 11.8 Å². The van der Waals surface area contributed by atoms with Gasteiger partial charge in [-0.2, -0.15) is 0 Å². The van der Waals surface area contributed by atoms with Crippen molar-refractivity contribution in [2.45, 2.75) is 82.5 Å². The summed E-state index contributed by atoms with van der Waals surface area (Å²) in [4.78, 5) is 73.0. The van der Waals surface area contributed by atoms with Crippen LogP contribution in [0, 0.1) is 10.8 Å². The maximum Gasteiger partial charge on any atom is 0.255 e. The number of benzene rings is 3. The zero-order valence-electron chi connectivity index (χ0n) is 41.5. The number of pyridine rings is 1. The molecule has 8 rings (SSSR count). The standard InChI is InChI=1S/C54H67N11O8/c1-37(59-50(68)40-7-5-8-42(33-40)62-54(19-23-58-24-20-54)53(56)61-49(55)39-17-21-57-22-18-39)38-9-12-44(13-10-38)73-32-4-2-3-29-71-30-6-31-72-36-48(67)64-27-25-63(26-28-64)43-11-14-45-41(34-43)35-65(52(45)70)46-15-16-47(66)60-51(46)69/h5,7-14,17-18,21-22,33-34,37,46,58,62H,2-4,6,15-16,19-20,23-32,35-36H2,1H3,(H,59,68)(H3,55,56,61)(H,60,66,69)/t37-,46?/m1/s1. The van der Waals surface area contributed by atoms with Crippen molar-refractivity contribution in [2.24, 2.45) is 0 Å². The van der Waals surface area contributed by atoms with E-state index in [1.54, 1.807) is 41.6 Å². The molecule has 5 amide bonds. The first-order chi connectivity index (χ1) is 35.5. The molecule has 2 atom stereocenters. The minimum atomic E-state index is -0.744. The van der Waals surface area contributed by atoms with Crippen LogP contribution in [0.3, 0.4) is 0 Å². The highest BCUT2D eigenvalue weighted by Gasteiger charge is 2.40. The summed E-state index contributed by atoms with van der Waals surface area (Å²) in [6, 6.07) is 23.3. The third-order valence-corrected chi connectivity index (χ3v) is 13.9. The number of carbonyl (C=O) groups excluding carboxylic acids is 5. The number of rotatable bonds is 22. The number of carbonyl (C=O) groups is 5. The molecule has 4 aromatic rings. The number of anilines is 2. The lowest BCUT2D eigenvalue weighted by Crippen LogP contribution is -2.58. The molecule has 0 saturated carbocycles. The van der Waals surface area contributed by atoms with Gasteiger partial charge in [0.2, 0.25) is 17.7 Å². The van der Waals surface area contributed by atoms with Crippen LogP contribution in [-0.4, -0.2) is 140 Å². The zero-order valence-corrected chi connectivity index (χ0v) is 41.5. The molecule has 0 bridgehead atoms. The second-order valence-corrected chi connectivity index (χ2v) is 18.9. The van der Waals surface area contributed by atoms with Gasteiger partial charge in [0.15, 0.2) is 0 Å². The average Bonchev–Trinajstić information content (AvgIpc) is 3.74. The van der Waals surface area contributed by atoms with Crippen molar-refractivity contribution in [2.75, 3.05) is 82.5 Å². The lowest BCUT2D eigenvalue weighted by Gasteiger charge is -2.40. The summed E-state index contributed by atoms with van der Waals surface area (Å²) in [5, 5.41) is 32.9. The van der Waals surface area contributed by atoms with Gasteiger partial charge < -0.3 is 50.2 Å². The summed E-state index contributed by atoms with van der Waals surface area (Å²) in [5.41, 5.74) is 4.47. The van der Waals surface area contributed by atoms with Crippen LogP contribution in [0.5, 0.6) is 5.75 Å². The van der Waals surface area contributed by atoms with Crippen LogP contribution in [0.1, 0.15) is 102 Å². The van der Waals surface area contributed by atoms with E-state index in [1.165, 1.54) is 0 Å². The first kappa shape index (κ1) is 52.1. The minimum absolute atomic E-state index is 0.0275. The van der Waals surface area contributed by atoms with Gasteiger partial charge in [-0.3, -0.25) is 45.1 Å². The number of nitrogens with one attached hydrogen (secondary N) is 7. The fourth-order valence-corrected chi connectivity index (χ4v) is 9.62. The lowest BCUT2D eigenvalue weighted by molar-refractivity contribution is -0.137. The molecule has 3 saturated heterocycles. The first-order valence-corrected chi connectivity index (χ1v) is 25.4. The lowest BCUT2D eigenvalue weighted by atomic mass is 9.86. The van der Waals surface area contributed by atoms with Crippen molar-refractivity contribution in [3.05, 3.63) is 119 Å². The third kappa shape index (κ3) is 13.6. The van der Waals surface area contributed by atoms with Crippen molar-refractivity contribution in [3.63, 3.8) is 0 Å². The van der Waals surface area contributed by atoms with Crippen LogP contribution in [-0.2, 0) is 30.4 Å². The van der Waals surface area contributed by atoms with Crippen LogP contribution in [0.15, 0.2) is 91.3 Å². The van der Waals surface area contributed by atoms with E-state index in [1.807, 2.05) is 66.4 Å². The Morgan fingerprint density at radius 3 is 2.34 bits per heavy atom. The van der Waals surface area contributed by atoms with Gasteiger partial charge >= 0.3 is 0 Å². The fraction of sp³-hybridized carbons (Fsp3) is 0.444. The molecule has 0 aliphatic carbocycles. The fourth-order valence-electron chi connectivity index (χ4n) is 9.62. The van der Waals surface area contributed by atoms with Crippen LogP contribution in [0.25, 0.3) is 0 Å². The molecule has 1 unspecified atom stereocenters. The normalized spacial score (nSPS) is 17.8. The molecule has 19 nitrogen and oxygen atoms in total. The number of piperazine rings is 1. The largest absolute Gasteiger partial charge is 0.494 e. The molecule has 386 valence electrons. The number of fused-ring (bicyclic) bond motifs is 1. The maximum atomic E-state index is 13.5. The number of unbranched alkanes of at least 4 members (excludes halogenated alkanes) is 2. The van der Waals surface area contributed by atoms with Gasteiger partial charge in [-0.1, -0.05) is 18.2 Å². The van der Waals surface area contributed by atoms with Crippen molar-refractivity contribution >= 4 is 52.6 Å². The molecule has 19 heteroatoms. The zero-order chi connectivity index (χ0) is 51.2. The Hall–Kier alpha value is -7.22. The molecule has 5 heterocycles. The summed E-state index contributed by atoms with van der Waals surface area (Å²) in [6.45, 7) is 8.36. The van der Waals surface area contributed by atoms with E-state index in [-0.39, 0.29) is 54.4 Å². The minimum Gasteiger partial charge on any atom is -0.494 e. The molecule has 4 aliphatic rings. The number of hydrogen-bond donors (Lipinski definition) is 7. The number of amidine groups is 2. The Bertz CT molecular complexity index is 2600. The molecule has 0 radical (unpaired) electrons. The van der Waals surface area contributed by atoms with Gasteiger partial charge in [-0.15, -0.1) is 0 Å². The molecule has 1 aromatic heterocycles. The van der Waals surface area contributed by atoms with Crippen molar-refractivity contribution < 1.29 is 38.2 Å². The third-order valence-electron chi connectivity index (χ3n) is 13.9. The average molecular weight is 998 g/mol. The summed E-state index contributed by atoms with van der Waals surface area (Å²) >= 11 is 0. The molecular formula is C54H67N11O8. The van der Waals surface area contributed by atoms with E-state index in [9.17, 15) is 24.0 Å². The molecular weight excluding hydrogens is 931 g/mol. The highest BCUT2D eigenvalue weighted by molar-refractivity contribution is 6.10. The molecule has 73 heavy (non-hydrogen) atoms. The summed E-state index contributed by atoms with van der Waals surface area (Å²) in [5.74, 6) is -0.0879. The predicted molar refractivity (Wildman–Crippen MR) is 276 cm³/mol. The van der Waals surface area contributed by atoms with E-state index in [0.29, 0.717) is 115 Å². The Morgan fingerprint density at radius 2 is 1.58 bits per heavy atom. The van der Waals surface area contributed by atoms with Crippen LogP contribution in [0.4, 0.5) is 11.4 Å². The topological polar surface area (TPSA) is 244 Å². The van der Waals surface area contributed by atoms with Crippen molar-refractivity contribution in [3.8, 4) is 5.75 Å². The van der Waals surface area contributed by atoms with Gasteiger partial charge in [0.05, 0.1) is 18.2 Å². The van der Waals surface area contributed by atoms with Crippen LogP contribution in [0.2, 0.25) is 0 Å². The Labute approximate surface area is 426 Å². The SMILES string of the molecule is C[C@@H](NC(=O)c1cccc(NC2(C(=N)NC(=N)c3ccncc3)CCNCC2)c1)c1ccc(OCCCCCOCCCOCC(=O)N2CCN(c3ccc4c(c3)CN(C3CCC(=O)NC3=O)C4=O)CC2)cc1. The monoisotopic (exact) mass is 998 g/mol. The maximum absolute atomic E-state index is 13.5. The Kier molecular flexibility index (Phi) is 17.8. The van der Waals surface area contributed by atoms with Gasteiger partial charge in [0.1, 0.15) is 30.1 Å². The second-order valence-electron chi connectivity index (χ2n) is 18.9. The van der Waals surface area contributed by atoms with Gasteiger partial charge in [-0.05, 0) is 137 Å². The van der Waals surface area contributed by atoms with Gasteiger partial charge in [-0.25, -0.2) is 0 Å². The Balaban J connectivity index is 0.653. The van der Waals surface area contributed by atoms with Crippen LogP contribution >= 0.6 is 0 Å². The molecule has 3 aromatic carbocycles.